The molecule has 14 amide bonds. The van der Waals surface area contributed by atoms with Crippen molar-refractivity contribution in [2.45, 2.75) is 182 Å². The van der Waals surface area contributed by atoms with Gasteiger partial charge in [0.2, 0.25) is 82.7 Å². The number of amides is 14. The van der Waals surface area contributed by atoms with Gasteiger partial charge in [0.05, 0.1) is 18.2 Å². The lowest BCUT2D eigenvalue weighted by Gasteiger charge is -2.41. The van der Waals surface area contributed by atoms with Crippen molar-refractivity contribution in [1.29, 1.82) is 0 Å². The number of aromatic hydroxyl groups is 1. The van der Waals surface area contributed by atoms with Crippen molar-refractivity contribution >= 4 is 106 Å². The first-order chi connectivity index (χ1) is 54.1. The first kappa shape index (κ1) is 91.7. The fourth-order valence-corrected chi connectivity index (χ4v) is 14.1. The number of imide groups is 1. The lowest BCUT2D eigenvalue weighted by atomic mass is 10.0. The summed E-state index contributed by atoms with van der Waals surface area (Å²) >= 11 is 0.944. The van der Waals surface area contributed by atoms with E-state index in [4.69, 9.17) is 17.2 Å². The number of likely N-dealkylation sites (tertiary alicyclic amines) is 1. The highest BCUT2D eigenvalue weighted by atomic mass is 32.2. The monoisotopic (exact) mass is 1600 g/mol. The van der Waals surface area contributed by atoms with Crippen molar-refractivity contribution in [3.63, 3.8) is 0 Å². The predicted molar refractivity (Wildman–Crippen MR) is 416 cm³/mol. The Hall–Kier alpha value is -10.1. The third-order valence-corrected chi connectivity index (χ3v) is 20.2. The highest BCUT2D eigenvalue weighted by Crippen LogP contribution is 2.26. The Morgan fingerprint density at radius 2 is 1.12 bits per heavy atom. The Balaban J connectivity index is 0.922. The van der Waals surface area contributed by atoms with Crippen LogP contribution in [0.25, 0.3) is 0 Å². The number of thioether (sulfide) groups is 1. The minimum absolute atomic E-state index is 0.00644. The highest BCUT2D eigenvalue weighted by Gasteiger charge is 2.41. The molecule has 2 aromatic carbocycles. The molecule has 6 rings (SSSR count). The van der Waals surface area contributed by atoms with E-state index in [1.165, 1.54) is 12.1 Å². The molecule has 0 aliphatic carbocycles. The van der Waals surface area contributed by atoms with Gasteiger partial charge in [-0.15, -0.1) is 11.8 Å². The molecule has 0 spiro atoms. The van der Waals surface area contributed by atoms with Crippen LogP contribution in [0.1, 0.15) is 127 Å². The molecule has 0 radical (unpaired) electrons. The molecule has 4 saturated heterocycles. The number of guanidine groups is 1. The topological polar surface area (TPSA) is 595 Å². The number of aliphatic imine (C=N–C) groups is 1. The Labute approximate surface area is 660 Å². The van der Waals surface area contributed by atoms with Crippen molar-refractivity contribution < 1.29 is 82.1 Å². The number of carboxylic acid groups (broad SMARTS) is 1. The second kappa shape index (κ2) is 48.7. The molecular formula is C73H114N22O17S. The molecule has 2 bridgehead atoms. The summed E-state index contributed by atoms with van der Waals surface area (Å²) in [6, 6.07) is 6.68. The number of benzene rings is 2. The molecule has 2 aromatic rings. The summed E-state index contributed by atoms with van der Waals surface area (Å²) < 4.78 is 0. The van der Waals surface area contributed by atoms with Crippen LogP contribution in [0.15, 0.2) is 59.6 Å². The molecule has 4 heterocycles. The molecule has 4 aliphatic rings. The van der Waals surface area contributed by atoms with E-state index < -0.39 is 143 Å². The largest absolute Gasteiger partial charge is 0.508 e. The number of nitrogens with two attached hydrogens (primary N) is 3. The van der Waals surface area contributed by atoms with Crippen molar-refractivity contribution in [1.82, 2.24) is 95.3 Å². The molecule has 7 unspecified atom stereocenters. The molecular weight excluding hydrogens is 1490 g/mol. The van der Waals surface area contributed by atoms with E-state index in [1.54, 1.807) is 42.5 Å². The second-order valence-corrected chi connectivity index (χ2v) is 29.5. The van der Waals surface area contributed by atoms with Crippen molar-refractivity contribution in [3.05, 3.63) is 65.7 Å². The molecule has 0 saturated carbocycles. The smallest absolute Gasteiger partial charge is 0.305 e. The minimum atomic E-state index is -1.68. The molecule has 40 heteroatoms. The van der Waals surface area contributed by atoms with Crippen LogP contribution >= 0.6 is 11.8 Å². The van der Waals surface area contributed by atoms with E-state index in [9.17, 15) is 82.1 Å². The number of nitrogens with zero attached hydrogens (tertiary/aromatic N) is 2. The van der Waals surface area contributed by atoms with E-state index in [0.717, 1.165) is 16.7 Å². The van der Waals surface area contributed by atoms with Crippen LogP contribution in [0.3, 0.4) is 0 Å². The summed E-state index contributed by atoms with van der Waals surface area (Å²) in [7, 11) is 0. The average molecular weight is 1600 g/mol. The van der Waals surface area contributed by atoms with Crippen LogP contribution in [0.5, 0.6) is 5.75 Å². The molecule has 7 atom stereocenters. The van der Waals surface area contributed by atoms with Crippen molar-refractivity contribution in [2.75, 3.05) is 104 Å². The maximum atomic E-state index is 14.2. The summed E-state index contributed by atoms with van der Waals surface area (Å²) in [6.07, 6.45) is 1.43. The Morgan fingerprint density at radius 3 is 1.73 bits per heavy atom. The highest BCUT2D eigenvalue weighted by molar-refractivity contribution is 8.00. The molecule has 113 heavy (non-hydrogen) atoms. The maximum absolute atomic E-state index is 14.2. The number of carbonyl (C=O) groups excluding carboxylic acids is 14. The minimum Gasteiger partial charge on any atom is -0.508 e. The number of carboxylic acids is 1. The second-order valence-electron chi connectivity index (χ2n) is 28.3. The van der Waals surface area contributed by atoms with E-state index in [-0.39, 0.29) is 139 Å². The van der Waals surface area contributed by atoms with Gasteiger partial charge in [-0.25, -0.2) is 0 Å². The summed E-state index contributed by atoms with van der Waals surface area (Å²) in [5.41, 5.74) is 16.2. The van der Waals surface area contributed by atoms with Gasteiger partial charge in [-0.2, -0.15) is 0 Å². The van der Waals surface area contributed by atoms with Crippen LogP contribution in [-0.4, -0.2) is 266 Å². The summed E-state index contributed by atoms with van der Waals surface area (Å²) in [5, 5.41) is 69.3. The van der Waals surface area contributed by atoms with Gasteiger partial charge < -0.3 is 107 Å². The normalized spacial score (nSPS) is 22.2. The number of unbranched alkanes of at least 4 members (excludes halogenated alkanes) is 3. The standard InChI is InChI=1S/C73H114N22O17S/c1-2-13-59(100)93-72-42-77-29-31-79-44-73(86-34-33-85-72,45-80-32-30-78-43-72)94-60(101)20-11-19-58(99)87-51(37-47-21-23-48(96)24-22-47)66(108)82-27-9-4-7-18-57(98)89-54(64(74)106)41-113-55-39-62(103)95(70(55)112)35-25-56(97)81-26-10-8-16-50-67(109)90-49(17-12-28-83-71(75)76)65(107)84-40-61(102)88-53(38-63(104)105)69(111)92-52(68(110)91-50)36-46-14-5-3-6-15-46/h3,5-6,14-15,21-24,49-55,77-80,85-86,96H,2,4,7-13,16-20,25-45H2,1H3,(H2,74,106)(H,81,97)(H,82,108)(H,84,107)(H,87,99)(H,88,102)(H,89,98)(H,90,109)(H,91,110)(H,92,111)(H,93,100)(H,94,101)(H,104,105)(H4,75,76,83). The number of phenolic OH excluding ortho intramolecular Hbond substituents is 1. The third kappa shape index (κ3) is 34.0. The number of phenols is 1. The quantitative estimate of drug-likeness (QED) is 0.0128. The van der Waals surface area contributed by atoms with Crippen LogP contribution < -0.4 is 108 Å². The Bertz CT molecular complexity index is 3560. The number of carbonyl (C=O) groups is 15. The average Bonchev–Trinajstić information content (AvgIpc) is 1.75. The van der Waals surface area contributed by atoms with Gasteiger partial charge in [-0.1, -0.05) is 55.8 Å². The molecule has 25 N–H and O–H groups in total. The summed E-state index contributed by atoms with van der Waals surface area (Å²) in [5.74, 6) is -10.7. The zero-order chi connectivity index (χ0) is 82.1. The fourth-order valence-electron chi connectivity index (χ4n) is 12.9. The van der Waals surface area contributed by atoms with Gasteiger partial charge >= 0.3 is 5.97 Å². The van der Waals surface area contributed by atoms with Gasteiger partial charge in [0.25, 0.3) is 0 Å². The van der Waals surface area contributed by atoms with Crippen molar-refractivity contribution in [2.24, 2.45) is 22.2 Å². The van der Waals surface area contributed by atoms with E-state index >= 15 is 0 Å². The summed E-state index contributed by atoms with van der Waals surface area (Å²) in [4.78, 5) is 204. The number of fused-ring (bicyclic) bond motifs is 5. The van der Waals surface area contributed by atoms with Gasteiger partial charge in [0, 0.05) is 149 Å². The van der Waals surface area contributed by atoms with Gasteiger partial charge in [-0.3, -0.25) is 92.4 Å². The van der Waals surface area contributed by atoms with Gasteiger partial charge in [0.15, 0.2) is 5.96 Å². The number of nitrogens with one attached hydrogen (secondary N) is 17. The number of rotatable bonds is 39. The van der Waals surface area contributed by atoms with Crippen LogP contribution in [0.4, 0.5) is 0 Å². The predicted octanol–water partition coefficient (Wildman–Crippen LogP) is -6.40. The Kier molecular flexibility index (Phi) is 39.5. The van der Waals surface area contributed by atoms with Crippen LogP contribution in [-0.2, 0) is 84.8 Å². The summed E-state index contributed by atoms with van der Waals surface area (Å²) in [6.45, 7) is 6.24. The third-order valence-electron chi connectivity index (χ3n) is 18.9. The van der Waals surface area contributed by atoms with Crippen LogP contribution in [0.2, 0.25) is 0 Å². The van der Waals surface area contributed by atoms with E-state index in [1.807, 2.05) is 6.92 Å². The lowest BCUT2D eigenvalue weighted by molar-refractivity contribution is -0.141. The van der Waals surface area contributed by atoms with Gasteiger partial charge in [0.1, 0.15) is 53.3 Å². The lowest BCUT2D eigenvalue weighted by Crippen LogP contribution is -2.73. The molecule has 0 aromatic heterocycles. The van der Waals surface area contributed by atoms with E-state index in [2.05, 4.69) is 95.4 Å². The van der Waals surface area contributed by atoms with Gasteiger partial charge in [-0.05, 0) is 81.0 Å². The Morgan fingerprint density at radius 1 is 0.575 bits per heavy atom. The number of aliphatic carboxylic acids is 1. The zero-order valence-electron chi connectivity index (χ0n) is 64.0. The first-order valence-corrected chi connectivity index (χ1v) is 39.6. The van der Waals surface area contributed by atoms with E-state index in [0.29, 0.717) is 109 Å². The fraction of sp³-hybridized carbons (Fsp3) is 0.616. The molecule has 4 aliphatic heterocycles. The molecule has 624 valence electrons. The molecule has 39 nitrogen and oxygen atoms in total. The maximum Gasteiger partial charge on any atom is 0.305 e. The number of hydrogen-bond acceptors (Lipinski definition) is 24. The van der Waals surface area contributed by atoms with Crippen molar-refractivity contribution in [3.8, 4) is 5.75 Å². The SMILES string of the molecule is CCCC(=O)NC12CNCCNCC(NC(=O)CCCC(=O)NC(Cc3ccc(O)cc3)C(=O)NCCCCCC(=O)NC(CSC3CC(=O)N(CCC(=O)NCCCCC4NC(=O)C(Cc5ccccc5)NC(=O)C(CC(=O)O)NC(=O)CNC(=O)C(CCCN=C(N)N)NC4=O)C3=O)C(N)=O)(CNCCNC1)NCCN2. The number of hydrogen-bond donors (Lipinski definition) is 22. The van der Waals surface area contributed by atoms with Crippen LogP contribution in [0, 0.1) is 0 Å². The zero-order valence-corrected chi connectivity index (χ0v) is 64.9. The molecule has 4 fully saturated rings. The number of primary amides is 1. The first-order valence-electron chi connectivity index (χ1n) is 38.5.